The minimum absolute atomic E-state index is 0.469. The highest BCUT2D eigenvalue weighted by molar-refractivity contribution is 5.23. The lowest BCUT2D eigenvalue weighted by Crippen LogP contribution is -2.37. The number of benzene rings is 1. The van der Waals surface area contributed by atoms with Crippen LogP contribution in [-0.2, 0) is 0 Å². The Balaban J connectivity index is 1.91. The van der Waals surface area contributed by atoms with E-state index < -0.39 is 0 Å². The van der Waals surface area contributed by atoms with Gasteiger partial charge in [-0.25, -0.2) is 0 Å². The van der Waals surface area contributed by atoms with Gasteiger partial charge in [0.2, 0.25) is 0 Å². The number of aryl methyl sites for hydroxylation is 1. The number of nitrogens with one attached hydrogen (secondary N) is 1. The molecule has 1 aromatic rings. The molecule has 1 fully saturated rings. The van der Waals surface area contributed by atoms with Crippen molar-refractivity contribution in [2.24, 2.45) is 11.8 Å². The summed E-state index contributed by atoms with van der Waals surface area (Å²) in [6.45, 7) is 9.22. The van der Waals surface area contributed by atoms with Crippen molar-refractivity contribution in [3.63, 3.8) is 0 Å². The van der Waals surface area contributed by atoms with Crippen LogP contribution in [0.2, 0.25) is 0 Å². The lowest BCUT2D eigenvalue weighted by atomic mass is 9.79. The highest BCUT2D eigenvalue weighted by Crippen LogP contribution is 2.30. The van der Waals surface area contributed by atoms with Crippen molar-refractivity contribution in [2.45, 2.75) is 59.0 Å². The molecule has 3 unspecified atom stereocenters. The van der Waals surface area contributed by atoms with Crippen LogP contribution in [0.3, 0.4) is 0 Å². The van der Waals surface area contributed by atoms with Crippen LogP contribution in [0.15, 0.2) is 24.3 Å². The zero-order valence-corrected chi connectivity index (χ0v) is 12.2. The van der Waals surface area contributed by atoms with E-state index in [2.05, 4.69) is 57.3 Å². The molecule has 0 spiro atoms. The summed E-state index contributed by atoms with van der Waals surface area (Å²) in [7, 11) is 0. The average Bonchev–Trinajstić information content (AvgIpc) is 2.34. The standard InChI is InChI=1S/C17H27N/c1-12-5-8-16(9-6-12)15(4)18-17-10-7-13(2)14(3)11-17/h5-6,8-9,13-15,17-18H,7,10-11H2,1-4H3/t13?,14?,15-,17?/m0/s1. The zero-order chi connectivity index (χ0) is 13.1. The van der Waals surface area contributed by atoms with Crippen molar-refractivity contribution in [1.82, 2.24) is 5.32 Å². The maximum Gasteiger partial charge on any atom is 0.0294 e. The second kappa shape index (κ2) is 5.88. The molecule has 0 saturated heterocycles. The Labute approximate surface area is 112 Å². The van der Waals surface area contributed by atoms with Crippen LogP contribution >= 0.6 is 0 Å². The minimum Gasteiger partial charge on any atom is -0.307 e. The molecule has 1 aliphatic carbocycles. The predicted molar refractivity (Wildman–Crippen MR) is 78.7 cm³/mol. The molecule has 0 bridgehead atoms. The fourth-order valence-corrected chi connectivity index (χ4v) is 3.00. The van der Waals surface area contributed by atoms with Gasteiger partial charge in [-0.2, -0.15) is 0 Å². The maximum absolute atomic E-state index is 3.81. The van der Waals surface area contributed by atoms with Crippen molar-refractivity contribution in [2.75, 3.05) is 0 Å². The lowest BCUT2D eigenvalue weighted by molar-refractivity contribution is 0.217. The molecule has 1 aromatic carbocycles. The Morgan fingerprint density at radius 1 is 1.06 bits per heavy atom. The Morgan fingerprint density at radius 3 is 2.33 bits per heavy atom. The normalized spacial score (nSPS) is 30.1. The SMILES string of the molecule is Cc1ccc([C@H](C)NC2CCC(C)C(C)C2)cc1. The van der Waals surface area contributed by atoms with Crippen LogP contribution in [0, 0.1) is 18.8 Å². The molecule has 1 N–H and O–H groups in total. The fraction of sp³-hybridized carbons (Fsp3) is 0.647. The first-order valence-corrected chi connectivity index (χ1v) is 7.39. The summed E-state index contributed by atoms with van der Waals surface area (Å²) < 4.78 is 0. The summed E-state index contributed by atoms with van der Waals surface area (Å²) in [5, 5.41) is 3.81. The Bertz CT molecular complexity index is 368. The summed E-state index contributed by atoms with van der Waals surface area (Å²) in [6.07, 6.45) is 4.04. The third-order valence-corrected chi connectivity index (χ3v) is 4.66. The lowest BCUT2D eigenvalue weighted by Gasteiger charge is -2.34. The van der Waals surface area contributed by atoms with Crippen LogP contribution in [0.25, 0.3) is 0 Å². The molecule has 0 amide bonds. The first-order chi connectivity index (χ1) is 8.56. The Hall–Kier alpha value is -0.820. The van der Waals surface area contributed by atoms with E-state index in [1.807, 2.05) is 0 Å². The molecule has 18 heavy (non-hydrogen) atoms. The summed E-state index contributed by atoms with van der Waals surface area (Å²) in [5.41, 5.74) is 2.75. The van der Waals surface area contributed by atoms with Crippen molar-refractivity contribution in [3.8, 4) is 0 Å². The molecule has 0 aliphatic heterocycles. The predicted octanol–water partition coefficient (Wildman–Crippen LogP) is 4.47. The van der Waals surface area contributed by atoms with Gasteiger partial charge in [-0.3, -0.25) is 0 Å². The smallest absolute Gasteiger partial charge is 0.0294 e. The summed E-state index contributed by atoms with van der Waals surface area (Å²) in [5.74, 6) is 1.76. The van der Waals surface area contributed by atoms with Gasteiger partial charge < -0.3 is 5.32 Å². The quantitative estimate of drug-likeness (QED) is 0.828. The van der Waals surface area contributed by atoms with E-state index in [-0.39, 0.29) is 0 Å². The van der Waals surface area contributed by atoms with Crippen LogP contribution in [0.1, 0.15) is 57.2 Å². The zero-order valence-electron chi connectivity index (χ0n) is 12.2. The first-order valence-electron chi connectivity index (χ1n) is 7.39. The van der Waals surface area contributed by atoms with Crippen molar-refractivity contribution in [1.29, 1.82) is 0 Å². The van der Waals surface area contributed by atoms with E-state index in [4.69, 9.17) is 0 Å². The van der Waals surface area contributed by atoms with Gasteiger partial charge >= 0.3 is 0 Å². The van der Waals surface area contributed by atoms with Crippen LogP contribution < -0.4 is 5.32 Å². The van der Waals surface area contributed by atoms with Gasteiger partial charge in [-0.05, 0) is 50.5 Å². The summed E-state index contributed by atoms with van der Waals surface area (Å²) in [4.78, 5) is 0. The van der Waals surface area contributed by atoms with E-state index in [1.54, 1.807) is 0 Å². The Kier molecular flexibility index (Phi) is 4.45. The van der Waals surface area contributed by atoms with Crippen molar-refractivity contribution < 1.29 is 0 Å². The second-order valence-electron chi connectivity index (χ2n) is 6.26. The molecule has 4 atom stereocenters. The minimum atomic E-state index is 0.469. The molecular weight excluding hydrogens is 218 g/mol. The molecule has 0 radical (unpaired) electrons. The van der Waals surface area contributed by atoms with E-state index >= 15 is 0 Å². The topological polar surface area (TPSA) is 12.0 Å². The number of hydrogen-bond donors (Lipinski definition) is 1. The van der Waals surface area contributed by atoms with Crippen molar-refractivity contribution >= 4 is 0 Å². The largest absolute Gasteiger partial charge is 0.307 e. The monoisotopic (exact) mass is 245 g/mol. The highest BCUT2D eigenvalue weighted by Gasteiger charge is 2.25. The fourth-order valence-electron chi connectivity index (χ4n) is 3.00. The van der Waals surface area contributed by atoms with Crippen LogP contribution in [0.5, 0.6) is 0 Å². The third kappa shape index (κ3) is 3.35. The maximum atomic E-state index is 3.81. The molecule has 1 aliphatic rings. The number of rotatable bonds is 3. The van der Waals surface area contributed by atoms with Gasteiger partial charge in [0.05, 0.1) is 0 Å². The van der Waals surface area contributed by atoms with E-state index in [1.165, 1.54) is 30.4 Å². The molecule has 100 valence electrons. The van der Waals surface area contributed by atoms with E-state index in [0.717, 1.165) is 11.8 Å². The van der Waals surface area contributed by atoms with Crippen molar-refractivity contribution in [3.05, 3.63) is 35.4 Å². The van der Waals surface area contributed by atoms with Gasteiger partial charge in [0, 0.05) is 12.1 Å². The second-order valence-corrected chi connectivity index (χ2v) is 6.26. The number of hydrogen-bond acceptors (Lipinski definition) is 1. The molecule has 0 aromatic heterocycles. The molecular formula is C17H27N. The van der Waals surface area contributed by atoms with Gasteiger partial charge in [-0.1, -0.05) is 43.7 Å². The van der Waals surface area contributed by atoms with Gasteiger partial charge in [0.1, 0.15) is 0 Å². The molecule has 0 heterocycles. The molecule has 1 nitrogen and oxygen atoms in total. The van der Waals surface area contributed by atoms with Gasteiger partial charge in [0.25, 0.3) is 0 Å². The third-order valence-electron chi connectivity index (χ3n) is 4.66. The molecule has 1 saturated carbocycles. The van der Waals surface area contributed by atoms with Gasteiger partial charge in [0.15, 0.2) is 0 Å². The van der Waals surface area contributed by atoms with Gasteiger partial charge in [-0.15, -0.1) is 0 Å². The summed E-state index contributed by atoms with van der Waals surface area (Å²) >= 11 is 0. The molecule has 1 heteroatoms. The molecule has 2 rings (SSSR count). The summed E-state index contributed by atoms with van der Waals surface area (Å²) in [6, 6.07) is 10.1. The van der Waals surface area contributed by atoms with E-state index in [0.29, 0.717) is 12.1 Å². The first kappa shape index (κ1) is 13.6. The van der Waals surface area contributed by atoms with Crippen LogP contribution in [0.4, 0.5) is 0 Å². The Morgan fingerprint density at radius 2 is 1.72 bits per heavy atom. The van der Waals surface area contributed by atoms with Crippen LogP contribution in [-0.4, -0.2) is 6.04 Å². The average molecular weight is 245 g/mol. The highest BCUT2D eigenvalue weighted by atomic mass is 14.9. The van der Waals surface area contributed by atoms with E-state index in [9.17, 15) is 0 Å².